The first kappa shape index (κ1) is 21.9. The van der Waals surface area contributed by atoms with Gasteiger partial charge in [-0.05, 0) is 56.2 Å². The van der Waals surface area contributed by atoms with E-state index in [4.69, 9.17) is 0 Å². The van der Waals surface area contributed by atoms with Crippen molar-refractivity contribution in [2.75, 3.05) is 11.9 Å². The largest absolute Gasteiger partial charge is 0.508 e. The number of carbonyl (C=O) groups is 1. The molecule has 8 nitrogen and oxygen atoms in total. The summed E-state index contributed by atoms with van der Waals surface area (Å²) in [5.41, 5.74) is 2.47. The smallest absolute Gasteiger partial charge is 0.271 e. The number of nitrogens with zero attached hydrogens (tertiary/aromatic N) is 4. The number of amides is 1. The van der Waals surface area contributed by atoms with E-state index in [1.807, 2.05) is 19.1 Å². The van der Waals surface area contributed by atoms with Gasteiger partial charge in [0, 0.05) is 30.2 Å². The quantitative estimate of drug-likeness (QED) is 0.398. The SMILES string of the molecule is Cc1cnc(Nc2ccc(F)cc2)nc1-n1cc(C(=O)NCCc2ccccc2O)nc1C. The van der Waals surface area contributed by atoms with Gasteiger partial charge in [-0.15, -0.1) is 0 Å². The third kappa shape index (κ3) is 5.15. The van der Waals surface area contributed by atoms with Gasteiger partial charge in [0.25, 0.3) is 5.91 Å². The van der Waals surface area contributed by atoms with Crippen LogP contribution in [0.2, 0.25) is 0 Å². The maximum atomic E-state index is 13.1. The molecule has 4 rings (SSSR count). The number of aryl methyl sites for hydroxylation is 2. The third-order valence-electron chi connectivity index (χ3n) is 5.06. The number of carbonyl (C=O) groups excluding carboxylic acids is 1. The molecule has 4 aromatic rings. The highest BCUT2D eigenvalue weighted by Gasteiger charge is 2.16. The van der Waals surface area contributed by atoms with Crippen LogP contribution in [0, 0.1) is 19.7 Å². The summed E-state index contributed by atoms with van der Waals surface area (Å²) in [7, 11) is 0. The molecule has 33 heavy (non-hydrogen) atoms. The number of para-hydroxylation sites is 1. The fourth-order valence-electron chi connectivity index (χ4n) is 3.32. The molecule has 0 unspecified atom stereocenters. The van der Waals surface area contributed by atoms with Gasteiger partial charge in [0.05, 0.1) is 0 Å². The standard InChI is InChI=1S/C24H23FN6O2/c1-15-13-27-24(29-19-9-7-18(25)8-10-19)30-22(15)31-14-20(28-16(31)2)23(33)26-12-11-17-5-3-4-6-21(17)32/h3-10,13-14,32H,11-12H2,1-2H3,(H,26,33)(H,27,29,30). The number of aromatic nitrogens is 4. The topological polar surface area (TPSA) is 105 Å². The Kier molecular flexibility index (Phi) is 6.30. The highest BCUT2D eigenvalue weighted by atomic mass is 19.1. The molecule has 2 heterocycles. The van der Waals surface area contributed by atoms with Crippen LogP contribution in [0.15, 0.2) is 60.9 Å². The number of imidazole rings is 1. The fraction of sp³-hybridized carbons (Fsp3) is 0.167. The zero-order valence-electron chi connectivity index (χ0n) is 18.2. The highest BCUT2D eigenvalue weighted by molar-refractivity contribution is 5.92. The van der Waals surface area contributed by atoms with Gasteiger partial charge >= 0.3 is 0 Å². The maximum Gasteiger partial charge on any atom is 0.271 e. The van der Waals surface area contributed by atoms with Gasteiger partial charge < -0.3 is 15.7 Å². The Balaban J connectivity index is 1.48. The minimum absolute atomic E-state index is 0.205. The van der Waals surface area contributed by atoms with Crippen LogP contribution in [0.5, 0.6) is 5.75 Å². The van der Waals surface area contributed by atoms with Crippen molar-refractivity contribution in [3.05, 3.63) is 89.4 Å². The molecule has 168 valence electrons. The van der Waals surface area contributed by atoms with Crippen LogP contribution in [0.25, 0.3) is 5.82 Å². The van der Waals surface area contributed by atoms with Gasteiger partial charge in [-0.1, -0.05) is 18.2 Å². The minimum atomic E-state index is -0.327. The predicted molar refractivity (Wildman–Crippen MR) is 122 cm³/mol. The van der Waals surface area contributed by atoms with Crippen LogP contribution in [-0.4, -0.2) is 37.1 Å². The second-order valence-electron chi connectivity index (χ2n) is 7.51. The number of phenols is 1. The van der Waals surface area contributed by atoms with Crippen molar-refractivity contribution < 1.29 is 14.3 Å². The molecule has 0 aliphatic heterocycles. The Bertz CT molecular complexity index is 1290. The molecule has 0 saturated heterocycles. The summed E-state index contributed by atoms with van der Waals surface area (Å²) in [6, 6.07) is 12.9. The van der Waals surface area contributed by atoms with E-state index in [0.717, 1.165) is 11.1 Å². The van der Waals surface area contributed by atoms with Gasteiger partial charge in [0.2, 0.25) is 5.95 Å². The van der Waals surface area contributed by atoms with Gasteiger partial charge in [0.15, 0.2) is 0 Å². The first-order valence-corrected chi connectivity index (χ1v) is 10.4. The number of hydrogen-bond acceptors (Lipinski definition) is 6. The van der Waals surface area contributed by atoms with Crippen molar-refractivity contribution in [3.63, 3.8) is 0 Å². The van der Waals surface area contributed by atoms with Gasteiger partial charge in [-0.3, -0.25) is 9.36 Å². The second kappa shape index (κ2) is 9.47. The van der Waals surface area contributed by atoms with Crippen LogP contribution < -0.4 is 10.6 Å². The Morgan fingerprint density at radius 3 is 2.61 bits per heavy atom. The average molecular weight is 446 g/mol. The number of aromatic hydroxyl groups is 1. The summed E-state index contributed by atoms with van der Waals surface area (Å²) in [6.07, 6.45) is 3.79. The summed E-state index contributed by atoms with van der Waals surface area (Å²) < 4.78 is 14.9. The molecule has 0 saturated carbocycles. The van der Waals surface area contributed by atoms with Gasteiger partial charge in [-0.25, -0.2) is 14.4 Å². The number of nitrogens with one attached hydrogen (secondary N) is 2. The number of phenolic OH excluding ortho intramolecular Hbond substituents is 1. The van der Waals surface area contributed by atoms with E-state index in [1.165, 1.54) is 12.1 Å². The van der Waals surface area contributed by atoms with E-state index in [-0.39, 0.29) is 23.2 Å². The molecule has 2 aromatic heterocycles. The Labute approximate surface area is 190 Å². The first-order chi connectivity index (χ1) is 15.9. The van der Waals surface area contributed by atoms with Crippen LogP contribution in [0.4, 0.5) is 16.0 Å². The lowest BCUT2D eigenvalue weighted by Gasteiger charge is -2.10. The van der Waals surface area contributed by atoms with Crippen LogP contribution in [0.3, 0.4) is 0 Å². The fourth-order valence-corrected chi connectivity index (χ4v) is 3.32. The molecular weight excluding hydrogens is 423 g/mol. The molecule has 0 fully saturated rings. The zero-order valence-corrected chi connectivity index (χ0v) is 18.2. The van der Waals surface area contributed by atoms with Gasteiger partial charge in [-0.2, -0.15) is 4.98 Å². The normalized spacial score (nSPS) is 10.8. The van der Waals surface area contributed by atoms with Crippen molar-refractivity contribution in [1.29, 1.82) is 0 Å². The van der Waals surface area contributed by atoms with Crippen LogP contribution in [-0.2, 0) is 6.42 Å². The Morgan fingerprint density at radius 2 is 1.85 bits per heavy atom. The summed E-state index contributed by atoms with van der Waals surface area (Å²) in [6.45, 7) is 4.01. The van der Waals surface area contributed by atoms with E-state index in [1.54, 1.807) is 48.1 Å². The van der Waals surface area contributed by atoms with Gasteiger partial charge in [0.1, 0.15) is 28.9 Å². The molecule has 0 spiro atoms. The van der Waals surface area contributed by atoms with E-state index < -0.39 is 0 Å². The molecular formula is C24H23FN6O2. The number of hydrogen-bond donors (Lipinski definition) is 3. The van der Waals surface area contributed by atoms with E-state index in [2.05, 4.69) is 25.6 Å². The summed E-state index contributed by atoms with van der Waals surface area (Å²) in [5, 5.41) is 15.7. The van der Waals surface area contributed by atoms with Crippen LogP contribution >= 0.6 is 0 Å². The number of anilines is 2. The maximum absolute atomic E-state index is 13.1. The number of benzene rings is 2. The second-order valence-corrected chi connectivity index (χ2v) is 7.51. The molecule has 3 N–H and O–H groups in total. The molecule has 2 aromatic carbocycles. The number of halogens is 1. The molecule has 9 heteroatoms. The lowest BCUT2D eigenvalue weighted by atomic mass is 10.1. The van der Waals surface area contributed by atoms with Crippen molar-refractivity contribution in [2.24, 2.45) is 0 Å². The number of rotatable bonds is 7. The van der Waals surface area contributed by atoms with Crippen LogP contribution in [0.1, 0.15) is 27.4 Å². The molecule has 1 amide bonds. The van der Waals surface area contributed by atoms with Crippen molar-refractivity contribution in [2.45, 2.75) is 20.3 Å². The van der Waals surface area contributed by atoms with Crippen molar-refractivity contribution in [1.82, 2.24) is 24.8 Å². The summed E-state index contributed by atoms with van der Waals surface area (Å²) in [5.74, 6) is 1.07. The molecule has 0 bridgehead atoms. The zero-order chi connectivity index (χ0) is 23.4. The van der Waals surface area contributed by atoms with E-state index in [9.17, 15) is 14.3 Å². The molecule has 0 aliphatic rings. The lowest BCUT2D eigenvalue weighted by Crippen LogP contribution is -2.26. The van der Waals surface area contributed by atoms with E-state index in [0.29, 0.717) is 36.2 Å². The Hall–Kier alpha value is -4.27. The average Bonchev–Trinajstić information content (AvgIpc) is 3.19. The predicted octanol–water partition coefficient (Wildman–Crippen LogP) is 3.84. The molecule has 0 atom stereocenters. The minimum Gasteiger partial charge on any atom is -0.508 e. The first-order valence-electron chi connectivity index (χ1n) is 10.4. The third-order valence-corrected chi connectivity index (χ3v) is 5.06. The Morgan fingerprint density at radius 1 is 1.09 bits per heavy atom. The summed E-state index contributed by atoms with van der Waals surface area (Å²) >= 11 is 0. The monoisotopic (exact) mass is 446 g/mol. The van der Waals surface area contributed by atoms with E-state index >= 15 is 0 Å². The molecule has 0 radical (unpaired) electrons. The highest BCUT2D eigenvalue weighted by Crippen LogP contribution is 2.19. The van der Waals surface area contributed by atoms with Crippen molar-refractivity contribution in [3.8, 4) is 11.6 Å². The molecule has 0 aliphatic carbocycles. The van der Waals surface area contributed by atoms with Crippen molar-refractivity contribution >= 4 is 17.5 Å². The summed E-state index contributed by atoms with van der Waals surface area (Å²) in [4.78, 5) is 25.8. The lowest BCUT2D eigenvalue weighted by molar-refractivity contribution is 0.0949.